The highest BCUT2D eigenvalue weighted by Crippen LogP contribution is 2.27. The lowest BCUT2D eigenvalue weighted by Crippen LogP contribution is -2.43. The molecular formula is C19H18F4N4O3. The summed E-state index contributed by atoms with van der Waals surface area (Å²) >= 11 is 0. The van der Waals surface area contributed by atoms with Crippen molar-refractivity contribution in [1.82, 2.24) is 20.3 Å². The summed E-state index contributed by atoms with van der Waals surface area (Å²) in [6, 6.07) is 4.88. The maximum Gasteiger partial charge on any atom is 0.408 e. The van der Waals surface area contributed by atoms with Gasteiger partial charge in [0.1, 0.15) is 35.6 Å². The van der Waals surface area contributed by atoms with Crippen molar-refractivity contribution in [3.63, 3.8) is 0 Å². The standard InChI is InChI=1S/C19H18F4N4O3/c1-10-14(17(26-30-10)12-4-6-13(20)7-5-12)9-29-16-8-15(27(3)25-16)18(28)24-11(2)19(21,22)23/h4-8,11H,9H2,1-3H3,(H,24,28)/t11-/m0/s1. The molecule has 0 spiro atoms. The van der Waals surface area contributed by atoms with Crippen LogP contribution in [0.2, 0.25) is 0 Å². The summed E-state index contributed by atoms with van der Waals surface area (Å²) in [5.74, 6) is -0.816. The highest BCUT2D eigenvalue weighted by atomic mass is 19.4. The zero-order valence-electron chi connectivity index (χ0n) is 16.2. The Bertz CT molecular complexity index is 1040. The average Bonchev–Trinajstić information content (AvgIpc) is 3.22. The SMILES string of the molecule is Cc1onc(-c2ccc(F)cc2)c1COc1cc(C(=O)N[C@@H](C)C(F)(F)F)n(C)n1. The number of amides is 1. The summed E-state index contributed by atoms with van der Waals surface area (Å²) in [4.78, 5) is 12.1. The molecule has 0 saturated carbocycles. The first-order valence-electron chi connectivity index (χ1n) is 8.81. The van der Waals surface area contributed by atoms with Crippen molar-refractivity contribution in [2.24, 2.45) is 7.05 Å². The highest BCUT2D eigenvalue weighted by molar-refractivity contribution is 5.93. The molecule has 3 rings (SSSR count). The van der Waals surface area contributed by atoms with Crippen molar-refractivity contribution >= 4 is 5.91 Å². The van der Waals surface area contributed by atoms with Crippen LogP contribution < -0.4 is 10.1 Å². The van der Waals surface area contributed by atoms with Gasteiger partial charge in [-0.15, -0.1) is 5.10 Å². The second-order valence-corrected chi connectivity index (χ2v) is 6.59. The predicted octanol–water partition coefficient (Wildman–Crippen LogP) is 3.78. The van der Waals surface area contributed by atoms with Crippen molar-refractivity contribution in [3.05, 3.63) is 53.2 Å². The molecule has 160 valence electrons. The van der Waals surface area contributed by atoms with E-state index < -0.39 is 23.9 Å². The maximum absolute atomic E-state index is 13.2. The van der Waals surface area contributed by atoms with Crippen LogP contribution in [0.15, 0.2) is 34.9 Å². The van der Waals surface area contributed by atoms with Crippen LogP contribution in [0.5, 0.6) is 5.88 Å². The number of nitrogens with one attached hydrogen (secondary N) is 1. The number of aromatic nitrogens is 3. The summed E-state index contributed by atoms with van der Waals surface area (Å²) in [6.07, 6.45) is -4.56. The minimum Gasteiger partial charge on any atom is -0.471 e. The number of carbonyl (C=O) groups excluding carboxylic acids is 1. The first kappa shape index (κ1) is 21.3. The molecule has 0 aliphatic heterocycles. The molecule has 0 aliphatic carbocycles. The molecule has 0 aliphatic rings. The molecule has 2 heterocycles. The van der Waals surface area contributed by atoms with Crippen LogP contribution in [0.25, 0.3) is 11.3 Å². The molecule has 30 heavy (non-hydrogen) atoms. The summed E-state index contributed by atoms with van der Waals surface area (Å²) in [5, 5.41) is 9.83. The van der Waals surface area contributed by atoms with Gasteiger partial charge in [0.05, 0.1) is 5.56 Å². The number of hydrogen-bond acceptors (Lipinski definition) is 5. The van der Waals surface area contributed by atoms with Crippen molar-refractivity contribution in [3.8, 4) is 17.1 Å². The molecular weight excluding hydrogens is 408 g/mol. The lowest BCUT2D eigenvalue weighted by molar-refractivity contribution is -0.149. The van der Waals surface area contributed by atoms with Crippen LogP contribution in [0.1, 0.15) is 28.7 Å². The number of halogens is 4. The third-order valence-electron chi connectivity index (χ3n) is 4.40. The van der Waals surface area contributed by atoms with E-state index in [2.05, 4.69) is 10.3 Å². The molecule has 3 aromatic rings. The number of hydrogen-bond donors (Lipinski definition) is 1. The third kappa shape index (κ3) is 4.61. The lowest BCUT2D eigenvalue weighted by Gasteiger charge is -2.16. The fourth-order valence-electron chi connectivity index (χ4n) is 2.62. The minimum absolute atomic E-state index is 0.0287. The van der Waals surface area contributed by atoms with Crippen LogP contribution in [-0.2, 0) is 13.7 Å². The number of carbonyl (C=O) groups is 1. The monoisotopic (exact) mass is 426 g/mol. The van der Waals surface area contributed by atoms with Crippen LogP contribution in [-0.4, -0.2) is 33.1 Å². The zero-order valence-corrected chi connectivity index (χ0v) is 16.2. The molecule has 1 atom stereocenters. The quantitative estimate of drug-likeness (QED) is 0.607. The minimum atomic E-state index is -4.56. The Labute approximate surface area is 168 Å². The van der Waals surface area contributed by atoms with Crippen molar-refractivity contribution in [2.45, 2.75) is 32.7 Å². The molecule has 0 unspecified atom stereocenters. The summed E-state index contributed by atoms with van der Waals surface area (Å²) in [6.45, 7) is 2.49. The Balaban J connectivity index is 1.74. The average molecular weight is 426 g/mol. The second kappa shape index (κ2) is 8.17. The van der Waals surface area contributed by atoms with Crippen molar-refractivity contribution in [2.75, 3.05) is 0 Å². The van der Waals surface area contributed by atoms with E-state index in [1.54, 1.807) is 19.1 Å². The van der Waals surface area contributed by atoms with E-state index in [1.807, 2.05) is 5.32 Å². The van der Waals surface area contributed by atoms with E-state index >= 15 is 0 Å². The molecule has 1 amide bonds. The zero-order chi connectivity index (χ0) is 22.1. The van der Waals surface area contributed by atoms with E-state index in [9.17, 15) is 22.4 Å². The smallest absolute Gasteiger partial charge is 0.408 e. The second-order valence-electron chi connectivity index (χ2n) is 6.59. The lowest BCUT2D eigenvalue weighted by atomic mass is 10.1. The first-order chi connectivity index (χ1) is 14.1. The van der Waals surface area contributed by atoms with E-state index in [-0.39, 0.29) is 18.2 Å². The molecule has 0 radical (unpaired) electrons. The van der Waals surface area contributed by atoms with Crippen LogP contribution in [0.4, 0.5) is 17.6 Å². The van der Waals surface area contributed by atoms with Gasteiger partial charge < -0.3 is 14.6 Å². The molecule has 0 bridgehead atoms. The van der Waals surface area contributed by atoms with Gasteiger partial charge in [0.2, 0.25) is 5.88 Å². The number of alkyl halides is 3. The van der Waals surface area contributed by atoms with Crippen LogP contribution in [0.3, 0.4) is 0 Å². The highest BCUT2D eigenvalue weighted by Gasteiger charge is 2.37. The molecule has 1 aromatic carbocycles. The fourth-order valence-corrected chi connectivity index (χ4v) is 2.62. The Morgan fingerprint density at radius 1 is 1.30 bits per heavy atom. The van der Waals surface area contributed by atoms with Crippen LogP contribution >= 0.6 is 0 Å². The molecule has 1 N–H and O–H groups in total. The van der Waals surface area contributed by atoms with Gasteiger partial charge in [-0.3, -0.25) is 9.48 Å². The van der Waals surface area contributed by atoms with Gasteiger partial charge in [-0.2, -0.15) is 13.2 Å². The van der Waals surface area contributed by atoms with E-state index in [0.29, 0.717) is 22.6 Å². The predicted molar refractivity (Wildman–Crippen MR) is 97.2 cm³/mol. The van der Waals surface area contributed by atoms with E-state index in [1.165, 1.54) is 25.2 Å². The summed E-state index contributed by atoms with van der Waals surface area (Å²) in [7, 11) is 1.41. The Hall–Kier alpha value is -3.37. The fraction of sp³-hybridized carbons (Fsp3) is 0.316. The maximum atomic E-state index is 13.2. The normalized spacial score (nSPS) is 12.6. The molecule has 2 aromatic heterocycles. The van der Waals surface area contributed by atoms with Gasteiger partial charge in [-0.05, 0) is 38.1 Å². The molecule has 7 nitrogen and oxygen atoms in total. The van der Waals surface area contributed by atoms with Crippen molar-refractivity contribution < 1.29 is 31.6 Å². The van der Waals surface area contributed by atoms with Crippen molar-refractivity contribution in [1.29, 1.82) is 0 Å². The Kier molecular flexibility index (Phi) is 5.81. The third-order valence-corrected chi connectivity index (χ3v) is 4.40. The van der Waals surface area contributed by atoms with Gasteiger partial charge in [-0.1, -0.05) is 5.16 Å². The largest absolute Gasteiger partial charge is 0.471 e. The molecule has 0 fully saturated rings. The number of ether oxygens (including phenoxy) is 1. The number of nitrogens with zero attached hydrogens (tertiary/aromatic N) is 3. The number of rotatable bonds is 6. The summed E-state index contributed by atoms with van der Waals surface area (Å²) in [5.41, 5.74) is 1.57. The molecule has 11 heteroatoms. The summed E-state index contributed by atoms with van der Waals surface area (Å²) < 4.78 is 63.0. The van der Waals surface area contributed by atoms with Gasteiger partial charge in [0, 0.05) is 18.7 Å². The van der Waals surface area contributed by atoms with Gasteiger partial charge in [0.15, 0.2) is 0 Å². The molecule has 0 saturated heterocycles. The van der Waals surface area contributed by atoms with Gasteiger partial charge >= 0.3 is 6.18 Å². The Morgan fingerprint density at radius 3 is 2.60 bits per heavy atom. The number of benzene rings is 1. The topological polar surface area (TPSA) is 82.2 Å². The van der Waals surface area contributed by atoms with Gasteiger partial charge in [-0.25, -0.2) is 4.39 Å². The first-order valence-corrected chi connectivity index (χ1v) is 8.81. The van der Waals surface area contributed by atoms with E-state index in [0.717, 1.165) is 11.6 Å². The Morgan fingerprint density at radius 2 is 1.97 bits per heavy atom. The van der Waals surface area contributed by atoms with Gasteiger partial charge in [0.25, 0.3) is 5.91 Å². The van der Waals surface area contributed by atoms with Crippen LogP contribution in [0, 0.1) is 12.7 Å². The number of aryl methyl sites for hydroxylation is 2. The van der Waals surface area contributed by atoms with E-state index in [4.69, 9.17) is 9.26 Å².